The topological polar surface area (TPSA) is 30.2 Å². The van der Waals surface area contributed by atoms with Gasteiger partial charge in [0.25, 0.3) is 0 Å². The quantitative estimate of drug-likeness (QED) is 0.272. The number of halogens is 11. The van der Waals surface area contributed by atoms with E-state index in [1.807, 2.05) is 0 Å². The Bertz CT molecular complexity index is 1030. The van der Waals surface area contributed by atoms with Crippen LogP contribution >= 0.6 is 23.2 Å². The maximum Gasteiger partial charge on any atom is 0.433 e. The molecule has 1 heterocycles. The van der Waals surface area contributed by atoms with Crippen LogP contribution in [-0.4, -0.2) is 9.55 Å². The van der Waals surface area contributed by atoms with Crippen LogP contribution in [-0.2, 0) is 25.1 Å². The number of benzene rings is 1. The predicted molar refractivity (Wildman–Crippen MR) is 89.1 cm³/mol. The molecule has 0 saturated carbocycles. The Labute approximate surface area is 172 Å². The zero-order valence-corrected chi connectivity index (χ0v) is 15.7. The largest absolute Gasteiger partial charge is 0.433 e. The van der Waals surface area contributed by atoms with Gasteiger partial charge in [-0.1, -0.05) is 29.3 Å². The molecule has 0 aliphatic carbocycles. The second-order valence-corrected chi connectivity index (χ2v) is 6.39. The zero-order valence-electron chi connectivity index (χ0n) is 14.2. The predicted octanol–water partition coefficient (Wildman–Crippen LogP) is 6.66. The minimum atomic E-state index is -5.29. The van der Waals surface area contributed by atoms with Crippen LogP contribution in [0.25, 0.3) is 0 Å². The standard InChI is InChI=1S/C16H8Cl2F9N3/c1-2-3-30-11(17)6-10(16(25,26)27)29-13(30)28-9-5-7(14(19,20)21)4-8(12(9)18)15(22,23)24/h2,4-6H,1,3H2. The Morgan fingerprint density at radius 2 is 1.53 bits per heavy atom. The van der Waals surface area contributed by atoms with Crippen molar-refractivity contribution in [2.75, 3.05) is 0 Å². The second-order valence-electron chi connectivity index (χ2n) is 5.63. The molecule has 1 aromatic heterocycles. The molecule has 0 atom stereocenters. The molecule has 0 aliphatic heterocycles. The van der Waals surface area contributed by atoms with Gasteiger partial charge >= 0.3 is 18.5 Å². The minimum absolute atomic E-state index is 0.158. The van der Waals surface area contributed by atoms with Crippen LogP contribution in [0.3, 0.4) is 0 Å². The maximum absolute atomic E-state index is 13.1. The van der Waals surface area contributed by atoms with Crippen molar-refractivity contribution in [1.82, 2.24) is 9.55 Å². The van der Waals surface area contributed by atoms with Gasteiger partial charge in [0, 0.05) is 12.6 Å². The van der Waals surface area contributed by atoms with Gasteiger partial charge in [-0.3, -0.25) is 4.57 Å². The van der Waals surface area contributed by atoms with Gasteiger partial charge in [0.1, 0.15) is 5.15 Å². The maximum atomic E-state index is 13.1. The molecule has 3 nitrogen and oxygen atoms in total. The Morgan fingerprint density at radius 3 is 2.00 bits per heavy atom. The van der Waals surface area contributed by atoms with Gasteiger partial charge in [-0.25, -0.2) is 9.98 Å². The summed E-state index contributed by atoms with van der Waals surface area (Å²) in [6, 6.07) is 0.344. The van der Waals surface area contributed by atoms with Crippen LogP contribution in [0, 0.1) is 0 Å². The summed E-state index contributed by atoms with van der Waals surface area (Å²) in [6.45, 7) is 3.03. The molecule has 0 bridgehead atoms. The SMILES string of the molecule is C=CCn1c(Cl)cc(C(F)(F)F)nc1=Nc1cc(C(F)(F)F)cc(C(F)(F)F)c1Cl. The molecule has 2 rings (SSSR count). The van der Waals surface area contributed by atoms with Gasteiger partial charge < -0.3 is 0 Å². The third kappa shape index (κ3) is 5.28. The van der Waals surface area contributed by atoms with E-state index in [0.717, 1.165) is 10.6 Å². The Balaban J connectivity index is 2.94. The molecule has 0 unspecified atom stereocenters. The summed E-state index contributed by atoms with van der Waals surface area (Å²) in [7, 11) is 0. The lowest BCUT2D eigenvalue weighted by atomic mass is 10.1. The molecule has 2 aromatic rings. The van der Waals surface area contributed by atoms with E-state index in [4.69, 9.17) is 23.2 Å². The number of alkyl halides is 9. The molecule has 0 N–H and O–H groups in total. The lowest BCUT2D eigenvalue weighted by Crippen LogP contribution is -2.28. The van der Waals surface area contributed by atoms with Crippen molar-refractivity contribution in [3.05, 3.63) is 63.5 Å². The minimum Gasteiger partial charge on any atom is -0.297 e. The first-order chi connectivity index (χ1) is 13.6. The summed E-state index contributed by atoms with van der Waals surface area (Å²) >= 11 is 11.3. The summed E-state index contributed by atoms with van der Waals surface area (Å²) in [6.07, 6.45) is -14.4. The number of hydrogen-bond acceptors (Lipinski definition) is 2. The van der Waals surface area contributed by atoms with Gasteiger partial charge in [0.15, 0.2) is 5.69 Å². The molecule has 0 radical (unpaired) electrons. The highest BCUT2D eigenvalue weighted by atomic mass is 35.5. The highest BCUT2D eigenvalue weighted by Gasteiger charge is 2.39. The summed E-state index contributed by atoms with van der Waals surface area (Å²) < 4.78 is 118. The fraction of sp³-hybridized carbons (Fsp3) is 0.250. The number of allylic oxidation sites excluding steroid dienone is 1. The molecule has 0 fully saturated rings. The van der Waals surface area contributed by atoms with Crippen molar-refractivity contribution in [3.63, 3.8) is 0 Å². The second kappa shape index (κ2) is 8.14. The summed E-state index contributed by atoms with van der Waals surface area (Å²) in [5.41, 5.74) is -7.22. The van der Waals surface area contributed by atoms with E-state index in [1.54, 1.807) is 0 Å². The molecule has 164 valence electrons. The first-order valence-corrected chi connectivity index (χ1v) is 8.29. The van der Waals surface area contributed by atoms with Crippen LogP contribution in [0.4, 0.5) is 45.2 Å². The highest BCUT2D eigenvalue weighted by Crippen LogP contribution is 2.43. The average molecular weight is 484 g/mol. The Kier molecular flexibility index (Phi) is 6.53. The van der Waals surface area contributed by atoms with E-state index in [1.165, 1.54) is 0 Å². The monoisotopic (exact) mass is 483 g/mol. The molecular formula is C16H8Cl2F9N3. The van der Waals surface area contributed by atoms with E-state index in [9.17, 15) is 39.5 Å². The van der Waals surface area contributed by atoms with Crippen molar-refractivity contribution in [2.45, 2.75) is 25.1 Å². The molecule has 1 aromatic carbocycles. The first-order valence-electron chi connectivity index (χ1n) is 7.54. The van der Waals surface area contributed by atoms with Crippen LogP contribution in [0.5, 0.6) is 0 Å². The van der Waals surface area contributed by atoms with E-state index in [2.05, 4.69) is 16.6 Å². The molecule has 0 spiro atoms. The van der Waals surface area contributed by atoms with E-state index in [0.29, 0.717) is 6.07 Å². The Hall–Kier alpha value is -2.21. The summed E-state index contributed by atoms with van der Waals surface area (Å²) in [5.74, 6) is 0. The van der Waals surface area contributed by atoms with Crippen LogP contribution in [0.2, 0.25) is 10.2 Å². The van der Waals surface area contributed by atoms with E-state index >= 15 is 0 Å². The van der Waals surface area contributed by atoms with Crippen molar-refractivity contribution in [1.29, 1.82) is 0 Å². The van der Waals surface area contributed by atoms with Gasteiger partial charge in [0.2, 0.25) is 5.62 Å². The van der Waals surface area contributed by atoms with Crippen molar-refractivity contribution in [3.8, 4) is 0 Å². The Morgan fingerprint density at radius 1 is 0.933 bits per heavy atom. The molecule has 14 heteroatoms. The molecule has 0 amide bonds. The normalized spacial score (nSPS) is 13.6. The lowest BCUT2D eigenvalue weighted by molar-refractivity contribution is -0.143. The zero-order chi connectivity index (χ0) is 23.1. The van der Waals surface area contributed by atoms with Crippen molar-refractivity contribution < 1.29 is 39.5 Å². The third-order valence-corrected chi connectivity index (χ3v) is 4.19. The number of rotatable bonds is 3. The number of aromatic nitrogens is 2. The van der Waals surface area contributed by atoms with Gasteiger partial charge in [0.05, 0.1) is 21.8 Å². The molecular weight excluding hydrogens is 476 g/mol. The van der Waals surface area contributed by atoms with Crippen molar-refractivity contribution in [2.24, 2.45) is 4.99 Å². The summed E-state index contributed by atoms with van der Waals surface area (Å²) in [5, 5.41) is -1.84. The number of hydrogen-bond donors (Lipinski definition) is 0. The number of nitrogens with zero attached hydrogens (tertiary/aromatic N) is 3. The fourth-order valence-corrected chi connectivity index (χ4v) is 2.69. The average Bonchev–Trinajstić information content (AvgIpc) is 2.56. The molecule has 0 aliphatic rings. The van der Waals surface area contributed by atoms with Crippen LogP contribution < -0.4 is 5.62 Å². The summed E-state index contributed by atoms with van der Waals surface area (Å²) in [4.78, 5) is 6.59. The van der Waals surface area contributed by atoms with Gasteiger partial charge in [-0.15, -0.1) is 6.58 Å². The van der Waals surface area contributed by atoms with E-state index in [-0.39, 0.29) is 18.7 Å². The lowest BCUT2D eigenvalue weighted by Gasteiger charge is -2.15. The van der Waals surface area contributed by atoms with Crippen molar-refractivity contribution >= 4 is 28.9 Å². The van der Waals surface area contributed by atoms with Gasteiger partial charge in [-0.05, 0) is 12.1 Å². The van der Waals surface area contributed by atoms with E-state index < -0.39 is 56.8 Å². The fourth-order valence-electron chi connectivity index (χ4n) is 2.18. The molecule has 30 heavy (non-hydrogen) atoms. The third-order valence-electron chi connectivity index (χ3n) is 3.48. The smallest absolute Gasteiger partial charge is 0.297 e. The highest BCUT2D eigenvalue weighted by molar-refractivity contribution is 6.33. The first kappa shape index (κ1) is 24.1. The van der Waals surface area contributed by atoms with Crippen LogP contribution in [0.1, 0.15) is 16.8 Å². The van der Waals surface area contributed by atoms with Gasteiger partial charge in [-0.2, -0.15) is 39.5 Å². The molecule has 0 saturated heterocycles. The van der Waals surface area contributed by atoms with Crippen LogP contribution in [0.15, 0.2) is 35.8 Å².